The van der Waals surface area contributed by atoms with Gasteiger partial charge in [0.25, 0.3) is 5.56 Å². The van der Waals surface area contributed by atoms with Crippen molar-refractivity contribution in [3.05, 3.63) is 26.6 Å². The second-order valence-electron chi connectivity index (χ2n) is 2.65. The van der Waals surface area contributed by atoms with E-state index in [4.69, 9.17) is 17.3 Å². The highest BCUT2D eigenvalue weighted by molar-refractivity contribution is 7.71. The van der Waals surface area contributed by atoms with Crippen molar-refractivity contribution in [2.75, 3.05) is 5.43 Å². The molecule has 0 aliphatic heterocycles. The number of amides is 1. The van der Waals surface area contributed by atoms with Crippen molar-refractivity contribution in [1.82, 2.24) is 9.66 Å². The number of carbonyl (C=O) groups is 1. The van der Waals surface area contributed by atoms with Crippen LogP contribution in [0.25, 0.3) is 10.2 Å². The van der Waals surface area contributed by atoms with Gasteiger partial charge in [-0.2, -0.15) is 4.68 Å². The molecule has 3 N–H and O–H groups in total. The third kappa shape index (κ3) is 1.64. The van der Waals surface area contributed by atoms with Crippen LogP contribution in [-0.4, -0.2) is 20.9 Å². The van der Waals surface area contributed by atoms with E-state index in [1.54, 1.807) is 11.4 Å². The van der Waals surface area contributed by atoms with E-state index in [2.05, 4.69) is 4.98 Å². The molecule has 0 atom stereocenters. The topological polar surface area (TPSA) is 87.1 Å². The van der Waals surface area contributed by atoms with Crippen LogP contribution >= 0.6 is 23.6 Å². The lowest BCUT2D eigenvalue weighted by Crippen LogP contribution is -2.33. The first-order valence-electron chi connectivity index (χ1n) is 3.82. The molecule has 2 aromatic heterocycles. The third-order valence-corrected chi connectivity index (χ3v) is 2.90. The first kappa shape index (κ1) is 9.87. The lowest BCUT2D eigenvalue weighted by Gasteiger charge is -2.03. The van der Waals surface area contributed by atoms with Gasteiger partial charge in [-0.05, 0) is 23.7 Å². The number of carboxylic acid groups (broad SMARTS) is 1. The van der Waals surface area contributed by atoms with Gasteiger partial charge in [0, 0.05) is 0 Å². The summed E-state index contributed by atoms with van der Waals surface area (Å²) in [5.41, 5.74) is 2.06. The van der Waals surface area contributed by atoms with Crippen LogP contribution < -0.4 is 11.0 Å². The fraction of sp³-hybridized carbons (Fsp3) is 0. The Morgan fingerprint density at radius 1 is 1.67 bits per heavy atom. The van der Waals surface area contributed by atoms with Crippen LogP contribution in [0.2, 0.25) is 0 Å². The molecule has 0 unspecified atom stereocenters. The zero-order chi connectivity index (χ0) is 11.0. The highest BCUT2D eigenvalue weighted by Crippen LogP contribution is 2.13. The van der Waals surface area contributed by atoms with Gasteiger partial charge < -0.3 is 10.1 Å². The molecule has 0 bridgehead atoms. The molecule has 0 aliphatic carbocycles. The Bertz CT molecular complexity index is 639. The summed E-state index contributed by atoms with van der Waals surface area (Å²) in [7, 11) is 0. The number of aromatic amines is 1. The molecule has 78 valence electrons. The minimum absolute atomic E-state index is 0.0216. The van der Waals surface area contributed by atoms with E-state index in [1.807, 2.05) is 5.43 Å². The van der Waals surface area contributed by atoms with E-state index in [0.717, 1.165) is 4.68 Å². The molecular formula is C7H5N3O3S2. The van der Waals surface area contributed by atoms with E-state index in [-0.39, 0.29) is 4.77 Å². The number of rotatable bonds is 1. The average molecular weight is 243 g/mol. The first-order valence-corrected chi connectivity index (χ1v) is 5.11. The van der Waals surface area contributed by atoms with Gasteiger partial charge in [-0.25, -0.2) is 10.2 Å². The van der Waals surface area contributed by atoms with E-state index in [0.29, 0.717) is 10.2 Å². The average Bonchev–Trinajstić information content (AvgIpc) is 2.59. The van der Waals surface area contributed by atoms with Gasteiger partial charge in [-0.15, -0.1) is 11.3 Å². The number of fused-ring (bicyclic) bond motifs is 1. The van der Waals surface area contributed by atoms with Crippen molar-refractivity contribution in [2.45, 2.75) is 0 Å². The quantitative estimate of drug-likeness (QED) is 0.660. The summed E-state index contributed by atoms with van der Waals surface area (Å²) in [5, 5.41) is 10.2. The second-order valence-corrected chi connectivity index (χ2v) is 3.95. The first-order chi connectivity index (χ1) is 7.09. The van der Waals surface area contributed by atoms with Crippen molar-refractivity contribution in [3.63, 3.8) is 0 Å². The predicted octanol–water partition coefficient (Wildman–Crippen LogP) is 1.34. The predicted molar refractivity (Wildman–Crippen MR) is 58.7 cm³/mol. The molecule has 1 amide bonds. The molecule has 2 rings (SSSR count). The number of aromatic nitrogens is 2. The van der Waals surface area contributed by atoms with E-state index in [9.17, 15) is 9.59 Å². The standard InChI is InChI=1S/C7H5N3O3S2/c11-5-4-3(1-2-15-4)8-6(14)10(5)9-7(12)13/h1-2,9H,(H,8,14)(H,12,13). The van der Waals surface area contributed by atoms with E-state index in [1.165, 1.54) is 11.3 Å². The molecular weight excluding hydrogens is 238 g/mol. The maximum absolute atomic E-state index is 11.7. The van der Waals surface area contributed by atoms with Gasteiger partial charge in [0.15, 0.2) is 4.77 Å². The molecule has 15 heavy (non-hydrogen) atoms. The van der Waals surface area contributed by atoms with Crippen molar-refractivity contribution < 1.29 is 9.90 Å². The molecule has 0 aromatic carbocycles. The summed E-state index contributed by atoms with van der Waals surface area (Å²) < 4.78 is 1.24. The van der Waals surface area contributed by atoms with Gasteiger partial charge in [0.2, 0.25) is 0 Å². The van der Waals surface area contributed by atoms with Gasteiger partial charge >= 0.3 is 6.09 Å². The van der Waals surface area contributed by atoms with Crippen molar-refractivity contribution >= 4 is 39.9 Å². The molecule has 0 aliphatic rings. The zero-order valence-electron chi connectivity index (χ0n) is 7.18. The lowest BCUT2D eigenvalue weighted by molar-refractivity contribution is 0.206. The van der Waals surface area contributed by atoms with Crippen LogP contribution in [0, 0.1) is 4.77 Å². The summed E-state index contributed by atoms with van der Waals surface area (Å²) in [6, 6.07) is 1.71. The second kappa shape index (κ2) is 3.48. The number of hydrogen-bond acceptors (Lipinski definition) is 4. The summed E-state index contributed by atoms with van der Waals surface area (Å²) in [6.07, 6.45) is -1.34. The Morgan fingerprint density at radius 2 is 2.40 bits per heavy atom. The Hall–Kier alpha value is -1.67. The van der Waals surface area contributed by atoms with Crippen LogP contribution in [-0.2, 0) is 0 Å². The Kier molecular flexibility index (Phi) is 2.29. The zero-order valence-corrected chi connectivity index (χ0v) is 8.82. The van der Waals surface area contributed by atoms with Gasteiger partial charge in [-0.3, -0.25) is 4.79 Å². The number of hydrogen-bond donors (Lipinski definition) is 3. The molecule has 0 saturated carbocycles. The minimum Gasteiger partial charge on any atom is -0.464 e. The van der Waals surface area contributed by atoms with E-state index >= 15 is 0 Å². The van der Waals surface area contributed by atoms with Crippen LogP contribution in [0.4, 0.5) is 4.79 Å². The molecule has 2 heterocycles. The Labute approximate surface area is 91.8 Å². The number of nitrogens with zero attached hydrogens (tertiary/aromatic N) is 1. The molecule has 0 saturated heterocycles. The molecule has 0 fully saturated rings. The van der Waals surface area contributed by atoms with Gasteiger partial charge in [0.05, 0.1) is 5.52 Å². The molecule has 8 heteroatoms. The number of H-pyrrole nitrogens is 1. The van der Waals surface area contributed by atoms with Crippen molar-refractivity contribution in [3.8, 4) is 0 Å². The van der Waals surface area contributed by atoms with Crippen molar-refractivity contribution in [2.24, 2.45) is 0 Å². The maximum atomic E-state index is 11.7. The molecule has 2 aromatic rings. The highest BCUT2D eigenvalue weighted by atomic mass is 32.1. The molecule has 0 spiro atoms. The van der Waals surface area contributed by atoms with Gasteiger partial charge in [-0.1, -0.05) is 0 Å². The minimum atomic E-state index is -1.34. The molecule has 6 nitrogen and oxygen atoms in total. The van der Waals surface area contributed by atoms with Crippen LogP contribution in [0.3, 0.4) is 0 Å². The van der Waals surface area contributed by atoms with Crippen molar-refractivity contribution in [1.29, 1.82) is 0 Å². The number of nitrogens with one attached hydrogen (secondary N) is 2. The smallest absolute Gasteiger partial charge is 0.424 e. The SMILES string of the molecule is O=C(O)Nn1c(=S)[nH]c2ccsc2c1=O. The highest BCUT2D eigenvalue weighted by Gasteiger charge is 2.07. The van der Waals surface area contributed by atoms with Crippen LogP contribution in [0.15, 0.2) is 16.2 Å². The Morgan fingerprint density at radius 3 is 3.07 bits per heavy atom. The largest absolute Gasteiger partial charge is 0.464 e. The maximum Gasteiger partial charge on any atom is 0.424 e. The lowest BCUT2D eigenvalue weighted by atomic mass is 10.5. The third-order valence-electron chi connectivity index (χ3n) is 1.71. The van der Waals surface area contributed by atoms with Gasteiger partial charge in [0.1, 0.15) is 4.70 Å². The monoisotopic (exact) mass is 243 g/mol. The number of thiophene rings is 1. The molecule has 0 radical (unpaired) electrons. The van der Waals surface area contributed by atoms with E-state index < -0.39 is 11.7 Å². The normalized spacial score (nSPS) is 10.4. The van der Waals surface area contributed by atoms with Crippen LogP contribution in [0.1, 0.15) is 0 Å². The fourth-order valence-electron chi connectivity index (χ4n) is 1.14. The summed E-state index contributed by atoms with van der Waals surface area (Å²) in [6.45, 7) is 0. The summed E-state index contributed by atoms with van der Waals surface area (Å²) in [5.74, 6) is 0. The summed E-state index contributed by atoms with van der Waals surface area (Å²) >= 11 is 6.06. The summed E-state index contributed by atoms with van der Waals surface area (Å²) in [4.78, 5) is 24.9. The fourth-order valence-corrected chi connectivity index (χ4v) is 2.15. The Balaban J connectivity index is 2.78. The van der Waals surface area contributed by atoms with Crippen LogP contribution in [0.5, 0.6) is 0 Å².